The quantitative estimate of drug-likeness (QED) is 0.747. The van der Waals surface area contributed by atoms with Gasteiger partial charge >= 0.3 is 6.18 Å². The third kappa shape index (κ3) is 3.23. The molecule has 2 aromatic rings. The molecule has 5 rings (SSSR count). The van der Waals surface area contributed by atoms with Gasteiger partial charge in [-0.05, 0) is 35.9 Å². The number of nitrogens with zero attached hydrogens (tertiary/aromatic N) is 2. The SMILES string of the molecule is CN1C(=O)c2cc(C(F)(F)F)ccc2OC2CN(Cc3ccc4c(c3)OCO4)CC21. The number of hydrogen-bond acceptors (Lipinski definition) is 5. The van der Waals surface area contributed by atoms with E-state index in [0.29, 0.717) is 31.1 Å². The van der Waals surface area contributed by atoms with Crippen molar-refractivity contribution in [3.05, 3.63) is 53.1 Å². The van der Waals surface area contributed by atoms with Crippen LogP contribution in [0.5, 0.6) is 17.2 Å². The van der Waals surface area contributed by atoms with Crippen molar-refractivity contribution in [1.29, 1.82) is 0 Å². The van der Waals surface area contributed by atoms with Gasteiger partial charge in [-0.2, -0.15) is 13.2 Å². The fourth-order valence-electron chi connectivity index (χ4n) is 4.23. The van der Waals surface area contributed by atoms with Gasteiger partial charge in [0.15, 0.2) is 11.5 Å². The van der Waals surface area contributed by atoms with Crippen molar-refractivity contribution in [1.82, 2.24) is 9.80 Å². The topological polar surface area (TPSA) is 51.2 Å². The normalized spacial score (nSPS) is 23.1. The summed E-state index contributed by atoms with van der Waals surface area (Å²) in [5, 5.41) is 0. The van der Waals surface area contributed by atoms with Crippen LogP contribution in [0.1, 0.15) is 21.5 Å². The Morgan fingerprint density at radius 1 is 1.03 bits per heavy atom. The average Bonchev–Trinajstić information content (AvgIpc) is 3.30. The molecular formula is C21H19F3N2O4. The minimum absolute atomic E-state index is 0.0518. The minimum atomic E-state index is -4.52. The Kier molecular flexibility index (Phi) is 4.32. The third-order valence-electron chi connectivity index (χ3n) is 5.79. The smallest absolute Gasteiger partial charge is 0.416 e. The van der Waals surface area contributed by atoms with E-state index in [4.69, 9.17) is 14.2 Å². The molecule has 1 fully saturated rings. The first-order chi connectivity index (χ1) is 14.3. The number of halogens is 3. The number of fused-ring (bicyclic) bond motifs is 3. The summed E-state index contributed by atoms with van der Waals surface area (Å²) < 4.78 is 56.0. The number of carbonyl (C=O) groups excluding carboxylic acids is 1. The van der Waals surface area contributed by atoms with Gasteiger partial charge in [-0.25, -0.2) is 0 Å². The van der Waals surface area contributed by atoms with Gasteiger partial charge in [0.1, 0.15) is 11.9 Å². The van der Waals surface area contributed by atoms with Gasteiger partial charge in [0.25, 0.3) is 5.91 Å². The van der Waals surface area contributed by atoms with E-state index in [1.165, 1.54) is 11.0 Å². The molecule has 3 aliphatic rings. The lowest BCUT2D eigenvalue weighted by molar-refractivity contribution is -0.137. The summed E-state index contributed by atoms with van der Waals surface area (Å²) in [4.78, 5) is 16.5. The number of likely N-dealkylation sites (N-methyl/N-ethyl adjacent to an activating group) is 1. The predicted octanol–water partition coefficient (Wildman–Crippen LogP) is 3.15. The molecule has 0 spiro atoms. The first-order valence-corrected chi connectivity index (χ1v) is 9.55. The van der Waals surface area contributed by atoms with Gasteiger partial charge in [-0.3, -0.25) is 9.69 Å². The Hall–Kier alpha value is -2.94. The summed E-state index contributed by atoms with van der Waals surface area (Å²) in [5.41, 5.74) is 0.132. The van der Waals surface area contributed by atoms with E-state index in [1.807, 2.05) is 18.2 Å². The van der Waals surface area contributed by atoms with E-state index in [2.05, 4.69) is 4.90 Å². The molecule has 0 bridgehead atoms. The summed E-state index contributed by atoms with van der Waals surface area (Å²) >= 11 is 0. The molecule has 0 aromatic heterocycles. The van der Waals surface area contributed by atoms with Crippen molar-refractivity contribution in [2.75, 3.05) is 26.9 Å². The van der Waals surface area contributed by atoms with Crippen LogP contribution in [0, 0.1) is 0 Å². The van der Waals surface area contributed by atoms with Crippen LogP contribution in [-0.2, 0) is 12.7 Å². The average molecular weight is 420 g/mol. The van der Waals surface area contributed by atoms with Gasteiger partial charge < -0.3 is 19.1 Å². The molecule has 2 unspecified atom stereocenters. The summed E-state index contributed by atoms with van der Waals surface area (Å²) in [6.07, 6.45) is -4.84. The lowest BCUT2D eigenvalue weighted by Gasteiger charge is -2.25. The molecule has 9 heteroatoms. The Balaban J connectivity index is 1.36. The minimum Gasteiger partial charge on any atom is -0.486 e. The first-order valence-electron chi connectivity index (χ1n) is 9.55. The van der Waals surface area contributed by atoms with Gasteiger partial charge in [0, 0.05) is 26.7 Å². The number of ether oxygens (including phenoxy) is 3. The second-order valence-electron chi connectivity index (χ2n) is 7.73. The zero-order valence-corrected chi connectivity index (χ0v) is 16.1. The fraction of sp³-hybridized carbons (Fsp3) is 0.381. The van der Waals surface area contributed by atoms with Crippen LogP contribution in [0.3, 0.4) is 0 Å². The van der Waals surface area contributed by atoms with E-state index in [-0.39, 0.29) is 30.3 Å². The van der Waals surface area contributed by atoms with Crippen molar-refractivity contribution in [2.45, 2.75) is 24.9 Å². The van der Waals surface area contributed by atoms with Crippen LogP contribution >= 0.6 is 0 Å². The lowest BCUT2D eigenvalue weighted by Crippen LogP contribution is -2.44. The standard InChI is InChI=1S/C21H19F3N2O4/c1-25-15-9-26(8-12-2-4-17-18(6-12)29-11-28-17)10-19(15)30-16-5-3-13(21(22,23)24)7-14(16)20(25)27/h2-7,15,19H,8-11H2,1H3. The summed E-state index contributed by atoms with van der Waals surface area (Å²) in [7, 11) is 1.61. The number of hydrogen-bond donors (Lipinski definition) is 0. The summed E-state index contributed by atoms with van der Waals surface area (Å²) in [6, 6.07) is 8.57. The number of amides is 1. The highest BCUT2D eigenvalue weighted by Gasteiger charge is 2.43. The van der Waals surface area contributed by atoms with E-state index >= 15 is 0 Å². The predicted molar refractivity (Wildman–Crippen MR) is 99.6 cm³/mol. The van der Waals surface area contributed by atoms with Crippen LogP contribution < -0.4 is 14.2 Å². The molecule has 1 amide bonds. The molecule has 0 saturated carbocycles. The molecular weight excluding hydrogens is 401 g/mol. The second kappa shape index (κ2) is 6.80. The maximum atomic E-state index is 13.1. The maximum absolute atomic E-state index is 13.1. The Bertz CT molecular complexity index is 1010. The molecule has 2 atom stereocenters. The largest absolute Gasteiger partial charge is 0.486 e. The van der Waals surface area contributed by atoms with Crippen LogP contribution in [0.4, 0.5) is 13.2 Å². The number of carbonyl (C=O) groups is 1. The van der Waals surface area contributed by atoms with E-state index in [0.717, 1.165) is 17.7 Å². The van der Waals surface area contributed by atoms with Gasteiger partial charge in [0.2, 0.25) is 6.79 Å². The molecule has 6 nitrogen and oxygen atoms in total. The van der Waals surface area contributed by atoms with Crippen molar-refractivity contribution in [3.8, 4) is 17.2 Å². The Morgan fingerprint density at radius 3 is 2.60 bits per heavy atom. The fourth-order valence-corrected chi connectivity index (χ4v) is 4.23. The zero-order valence-electron chi connectivity index (χ0n) is 16.1. The maximum Gasteiger partial charge on any atom is 0.416 e. The molecule has 158 valence electrons. The molecule has 30 heavy (non-hydrogen) atoms. The highest BCUT2D eigenvalue weighted by atomic mass is 19.4. The van der Waals surface area contributed by atoms with Crippen molar-refractivity contribution < 1.29 is 32.2 Å². The zero-order chi connectivity index (χ0) is 21.0. The summed E-state index contributed by atoms with van der Waals surface area (Å²) in [5.74, 6) is 1.15. The Labute approximate surface area is 170 Å². The van der Waals surface area contributed by atoms with E-state index < -0.39 is 17.6 Å². The van der Waals surface area contributed by atoms with Crippen LogP contribution in [0.15, 0.2) is 36.4 Å². The monoisotopic (exact) mass is 420 g/mol. The van der Waals surface area contributed by atoms with Gasteiger partial charge in [0.05, 0.1) is 17.2 Å². The molecule has 0 aliphatic carbocycles. The van der Waals surface area contributed by atoms with Crippen molar-refractivity contribution >= 4 is 5.91 Å². The van der Waals surface area contributed by atoms with Crippen LogP contribution in [0.25, 0.3) is 0 Å². The molecule has 2 aromatic carbocycles. The molecule has 3 aliphatic heterocycles. The first kappa shape index (κ1) is 19.0. The summed E-state index contributed by atoms with van der Waals surface area (Å²) in [6.45, 7) is 1.95. The number of alkyl halides is 3. The van der Waals surface area contributed by atoms with Crippen molar-refractivity contribution in [2.24, 2.45) is 0 Å². The number of benzene rings is 2. The second-order valence-corrected chi connectivity index (χ2v) is 7.73. The molecule has 1 saturated heterocycles. The van der Waals surface area contributed by atoms with Crippen LogP contribution in [0.2, 0.25) is 0 Å². The van der Waals surface area contributed by atoms with Gasteiger partial charge in [-0.15, -0.1) is 0 Å². The highest BCUT2D eigenvalue weighted by Crippen LogP contribution is 2.37. The van der Waals surface area contributed by atoms with E-state index in [1.54, 1.807) is 7.05 Å². The van der Waals surface area contributed by atoms with Crippen LogP contribution in [-0.4, -0.2) is 54.8 Å². The highest BCUT2D eigenvalue weighted by molar-refractivity contribution is 5.97. The van der Waals surface area contributed by atoms with Crippen molar-refractivity contribution in [3.63, 3.8) is 0 Å². The van der Waals surface area contributed by atoms with E-state index in [9.17, 15) is 18.0 Å². The third-order valence-corrected chi connectivity index (χ3v) is 5.79. The molecule has 0 N–H and O–H groups in total. The lowest BCUT2D eigenvalue weighted by atomic mass is 10.1. The molecule has 0 radical (unpaired) electrons. The van der Waals surface area contributed by atoms with Gasteiger partial charge in [-0.1, -0.05) is 6.07 Å². The number of rotatable bonds is 2. The Morgan fingerprint density at radius 2 is 1.80 bits per heavy atom. The molecule has 3 heterocycles. The number of likely N-dealkylation sites (tertiary alicyclic amines) is 1.